The summed E-state index contributed by atoms with van der Waals surface area (Å²) in [4.78, 5) is 4.36. The van der Waals surface area contributed by atoms with Gasteiger partial charge in [0.2, 0.25) is 0 Å². The predicted octanol–water partition coefficient (Wildman–Crippen LogP) is 4.01. The van der Waals surface area contributed by atoms with Gasteiger partial charge in [0, 0.05) is 43.3 Å². The van der Waals surface area contributed by atoms with Crippen LogP contribution in [0.15, 0.2) is 30.5 Å². The largest absolute Gasteiger partial charge is 0.507 e. The maximum Gasteiger partial charge on any atom is 0.151 e. The average Bonchev–Trinajstić information content (AvgIpc) is 2.65. The number of fused-ring (bicyclic) bond motifs is 1. The van der Waals surface area contributed by atoms with Gasteiger partial charge in [-0.1, -0.05) is 0 Å². The van der Waals surface area contributed by atoms with Crippen molar-refractivity contribution in [3.05, 3.63) is 41.6 Å². The number of anilines is 1. The normalized spacial score (nSPS) is 20.1. The fraction of sp³-hybridized carbons (Fsp3) is 0.500. The van der Waals surface area contributed by atoms with Crippen molar-refractivity contribution in [2.24, 2.45) is 0 Å². The summed E-state index contributed by atoms with van der Waals surface area (Å²) >= 11 is 0. The van der Waals surface area contributed by atoms with Gasteiger partial charge in [-0.25, -0.2) is 0 Å². The van der Waals surface area contributed by atoms with E-state index in [4.69, 9.17) is 0 Å². The SMILES string of the molecule is CN1C=Cc2cc(O)c(-c3ccc(N(C)C4CC(C)(C)NC(C)(C)C4)nn3)cc2C1. The van der Waals surface area contributed by atoms with Gasteiger partial charge in [0.1, 0.15) is 5.75 Å². The third kappa shape index (κ3) is 4.15. The highest BCUT2D eigenvalue weighted by molar-refractivity contribution is 5.72. The highest BCUT2D eigenvalue weighted by Gasteiger charge is 2.39. The Hall–Kier alpha value is -2.60. The molecule has 3 heterocycles. The maximum atomic E-state index is 10.6. The van der Waals surface area contributed by atoms with Crippen LogP contribution in [-0.4, -0.2) is 51.4 Å². The highest BCUT2D eigenvalue weighted by Crippen LogP contribution is 2.35. The molecule has 0 saturated carbocycles. The number of rotatable bonds is 3. The van der Waals surface area contributed by atoms with E-state index in [1.54, 1.807) is 0 Å². The van der Waals surface area contributed by atoms with E-state index >= 15 is 0 Å². The van der Waals surface area contributed by atoms with Crippen LogP contribution in [-0.2, 0) is 6.54 Å². The lowest BCUT2D eigenvalue weighted by molar-refractivity contribution is 0.160. The van der Waals surface area contributed by atoms with Gasteiger partial charge in [-0.3, -0.25) is 0 Å². The molecule has 0 aliphatic carbocycles. The minimum Gasteiger partial charge on any atom is -0.507 e. The number of benzene rings is 1. The second-order valence-electron chi connectivity index (χ2n) is 10.1. The zero-order chi connectivity index (χ0) is 21.7. The van der Waals surface area contributed by atoms with Gasteiger partial charge in [0.05, 0.1) is 5.69 Å². The third-order valence-corrected chi connectivity index (χ3v) is 6.19. The number of hydrogen-bond donors (Lipinski definition) is 2. The zero-order valence-corrected chi connectivity index (χ0v) is 18.9. The van der Waals surface area contributed by atoms with Crippen LogP contribution in [0.3, 0.4) is 0 Å². The van der Waals surface area contributed by atoms with E-state index in [1.807, 2.05) is 43.6 Å². The van der Waals surface area contributed by atoms with Crippen molar-refractivity contribution in [1.29, 1.82) is 0 Å². The topological polar surface area (TPSA) is 64.5 Å². The van der Waals surface area contributed by atoms with Crippen molar-refractivity contribution >= 4 is 11.9 Å². The molecular weight excluding hydrogens is 374 g/mol. The Morgan fingerprint density at radius 3 is 2.43 bits per heavy atom. The van der Waals surface area contributed by atoms with Gasteiger partial charge in [-0.15, -0.1) is 10.2 Å². The van der Waals surface area contributed by atoms with Crippen molar-refractivity contribution in [1.82, 2.24) is 20.4 Å². The van der Waals surface area contributed by atoms with Crippen LogP contribution < -0.4 is 10.2 Å². The lowest BCUT2D eigenvalue weighted by Gasteiger charge is -2.49. The molecule has 6 nitrogen and oxygen atoms in total. The Balaban J connectivity index is 1.58. The second kappa shape index (κ2) is 7.27. The number of phenols is 1. The summed E-state index contributed by atoms with van der Waals surface area (Å²) in [5, 5.41) is 23.3. The molecule has 1 aromatic carbocycles. The summed E-state index contributed by atoms with van der Waals surface area (Å²) in [7, 11) is 4.14. The summed E-state index contributed by atoms with van der Waals surface area (Å²) in [6.07, 6.45) is 6.13. The number of nitrogens with one attached hydrogen (secondary N) is 1. The smallest absolute Gasteiger partial charge is 0.151 e. The van der Waals surface area contributed by atoms with Crippen LogP contribution in [0.4, 0.5) is 5.82 Å². The van der Waals surface area contributed by atoms with Crippen LogP contribution in [0.1, 0.15) is 51.7 Å². The molecule has 0 amide bonds. The number of nitrogens with zero attached hydrogens (tertiary/aromatic N) is 4. The number of hydrogen-bond acceptors (Lipinski definition) is 6. The molecule has 1 fully saturated rings. The minimum absolute atomic E-state index is 0.0740. The van der Waals surface area contributed by atoms with Crippen molar-refractivity contribution in [3.8, 4) is 17.0 Å². The summed E-state index contributed by atoms with van der Waals surface area (Å²) in [6, 6.07) is 8.19. The van der Waals surface area contributed by atoms with Gasteiger partial charge in [0.15, 0.2) is 5.82 Å². The fourth-order valence-electron chi connectivity index (χ4n) is 5.06. The van der Waals surface area contributed by atoms with Crippen molar-refractivity contribution in [2.45, 2.75) is 64.2 Å². The van der Waals surface area contributed by atoms with Gasteiger partial charge < -0.3 is 20.2 Å². The molecule has 2 aliphatic rings. The van der Waals surface area contributed by atoms with Crippen molar-refractivity contribution in [2.75, 3.05) is 19.0 Å². The first-order chi connectivity index (χ1) is 14.0. The van der Waals surface area contributed by atoms with E-state index in [-0.39, 0.29) is 16.8 Å². The Morgan fingerprint density at radius 1 is 1.10 bits per heavy atom. The first-order valence-corrected chi connectivity index (χ1v) is 10.6. The van der Waals surface area contributed by atoms with E-state index in [0.29, 0.717) is 11.7 Å². The fourth-order valence-corrected chi connectivity index (χ4v) is 5.06. The van der Waals surface area contributed by atoms with E-state index in [2.05, 4.69) is 60.1 Å². The minimum atomic E-state index is 0.0740. The van der Waals surface area contributed by atoms with Gasteiger partial charge in [0.25, 0.3) is 0 Å². The predicted molar refractivity (Wildman–Crippen MR) is 122 cm³/mol. The molecule has 1 saturated heterocycles. The molecule has 0 spiro atoms. The Morgan fingerprint density at radius 2 is 1.80 bits per heavy atom. The van der Waals surface area contributed by atoms with Gasteiger partial charge in [-0.05, 0) is 88.2 Å². The van der Waals surface area contributed by atoms with E-state index < -0.39 is 0 Å². The molecular formula is C24H33N5O. The van der Waals surface area contributed by atoms with Crippen LogP contribution in [0.25, 0.3) is 17.3 Å². The Labute approximate surface area is 179 Å². The summed E-state index contributed by atoms with van der Waals surface area (Å²) in [6.45, 7) is 9.85. The number of phenolic OH excluding ortho intramolecular Hbond substituents is 1. The second-order valence-corrected chi connectivity index (χ2v) is 10.1. The lowest BCUT2D eigenvalue weighted by atomic mass is 9.79. The molecule has 2 aromatic rings. The van der Waals surface area contributed by atoms with E-state index in [1.165, 1.54) is 5.56 Å². The maximum absolute atomic E-state index is 10.6. The molecule has 1 aromatic heterocycles. The van der Waals surface area contributed by atoms with E-state index in [9.17, 15) is 5.11 Å². The average molecular weight is 408 g/mol. The highest BCUT2D eigenvalue weighted by atomic mass is 16.3. The van der Waals surface area contributed by atoms with Crippen LogP contribution in [0.5, 0.6) is 5.75 Å². The van der Waals surface area contributed by atoms with Crippen LogP contribution >= 0.6 is 0 Å². The number of piperidine rings is 1. The van der Waals surface area contributed by atoms with Crippen molar-refractivity contribution < 1.29 is 5.11 Å². The zero-order valence-electron chi connectivity index (χ0n) is 18.9. The molecule has 2 N–H and O–H groups in total. The summed E-state index contributed by atoms with van der Waals surface area (Å²) < 4.78 is 0. The van der Waals surface area contributed by atoms with Crippen LogP contribution in [0.2, 0.25) is 0 Å². The van der Waals surface area contributed by atoms with Crippen molar-refractivity contribution in [3.63, 3.8) is 0 Å². The Kier molecular flexibility index (Phi) is 5.01. The van der Waals surface area contributed by atoms with E-state index in [0.717, 1.165) is 36.3 Å². The molecule has 0 unspecified atom stereocenters. The first kappa shape index (κ1) is 20.7. The molecule has 2 aliphatic heterocycles. The summed E-state index contributed by atoms with van der Waals surface area (Å²) in [5.74, 6) is 1.09. The molecule has 0 radical (unpaired) electrons. The molecule has 30 heavy (non-hydrogen) atoms. The first-order valence-electron chi connectivity index (χ1n) is 10.6. The van der Waals surface area contributed by atoms with Crippen LogP contribution in [0, 0.1) is 0 Å². The number of aromatic hydroxyl groups is 1. The van der Waals surface area contributed by atoms with Gasteiger partial charge in [-0.2, -0.15) is 0 Å². The molecule has 160 valence electrons. The number of aromatic nitrogens is 2. The lowest BCUT2D eigenvalue weighted by Crippen LogP contribution is -2.62. The quantitative estimate of drug-likeness (QED) is 0.802. The Bertz CT molecular complexity index is 948. The van der Waals surface area contributed by atoms with Gasteiger partial charge >= 0.3 is 0 Å². The molecule has 6 heteroatoms. The molecule has 0 atom stereocenters. The third-order valence-electron chi connectivity index (χ3n) is 6.19. The standard InChI is InChI=1S/C24H33N5O/c1-23(2)13-18(14-24(3,4)27-23)29(6)22-8-7-20(25-26-22)19-11-17-15-28(5)10-9-16(17)12-21(19)30/h7-12,18,27,30H,13-15H2,1-6H3. The molecule has 4 rings (SSSR count). The molecule has 0 bridgehead atoms. The summed E-state index contributed by atoms with van der Waals surface area (Å²) in [5.41, 5.74) is 3.79. The monoisotopic (exact) mass is 407 g/mol.